The zero-order chi connectivity index (χ0) is 61.3. The van der Waals surface area contributed by atoms with Crippen LogP contribution in [0, 0.1) is 0 Å². The topological polar surface area (TPSA) is 95.9 Å². The Balaban J connectivity index is 3.38. The van der Waals surface area contributed by atoms with E-state index >= 15 is 0 Å². The van der Waals surface area contributed by atoms with Crippen LogP contribution in [0.25, 0.3) is 0 Å². The van der Waals surface area contributed by atoms with Gasteiger partial charge in [-0.2, -0.15) is 0 Å². The molecule has 500 valence electrons. The molecule has 0 aliphatic carbocycles. The average Bonchev–Trinajstić information content (AvgIpc) is 3.51. The summed E-state index contributed by atoms with van der Waals surface area (Å²) in [7, 11) is 0. The predicted molar refractivity (Wildman–Crippen MR) is 375 cm³/mol. The van der Waals surface area contributed by atoms with Gasteiger partial charge in [0.2, 0.25) is 5.91 Å². The van der Waals surface area contributed by atoms with E-state index in [0.29, 0.717) is 25.9 Å². The summed E-state index contributed by atoms with van der Waals surface area (Å²) in [6, 6.07) is -0.541. The molecule has 0 radical (unpaired) electrons. The molecule has 0 bridgehead atoms. The maximum Gasteiger partial charge on any atom is 0.305 e. The summed E-state index contributed by atoms with van der Waals surface area (Å²) in [5, 5.41) is 23.4. The molecule has 2 atom stereocenters. The van der Waals surface area contributed by atoms with Gasteiger partial charge in [0.15, 0.2) is 0 Å². The van der Waals surface area contributed by atoms with Crippen LogP contribution in [0.5, 0.6) is 0 Å². The van der Waals surface area contributed by atoms with E-state index in [-0.39, 0.29) is 18.5 Å². The van der Waals surface area contributed by atoms with E-state index < -0.39 is 12.1 Å². The largest absolute Gasteiger partial charge is 0.466 e. The smallest absolute Gasteiger partial charge is 0.305 e. The van der Waals surface area contributed by atoms with Crippen LogP contribution < -0.4 is 5.32 Å². The number of rotatable bonds is 72. The van der Waals surface area contributed by atoms with Gasteiger partial charge in [0.25, 0.3) is 0 Å². The molecule has 85 heavy (non-hydrogen) atoms. The molecule has 1 amide bonds. The number of allylic oxidation sites excluding steroid dienone is 8. The van der Waals surface area contributed by atoms with Gasteiger partial charge in [0.1, 0.15) is 0 Å². The van der Waals surface area contributed by atoms with Gasteiger partial charge in [0.05, 0.1) is 25.4 Å². The number of carbonyl (C=O) groups excluding carboxylic acids is 2. The first-order chi connectivity index (χ1) is 42.0. The van der Waals surface area contributed by atoms with Crippen molar-refractivity contribution in [3.63, 3.8) is 0 Å². The summed E-state index contributed by atoms with van der Waals surface area (Å²) in [6.45, 7) is 4.96. The molecule has 0 aliphatic rings. The Morgan fingerprint density at radius 3 is 0.918 bits per heavy atom. The van der Waals surface area contributed by atoms with Crippen molar-refractivity contribution in [1.29, 1.82) is 0 Å². The SMILES string of the molecule is CCCCC/C=C\C/C=C\CCCCCCCCCC(=O)OCCCCCCCCCCC/C=C\C/C=C\CCCCCCCCCCCCCCCCCCCC(=O)NC(CO)C(O)CCCCCCCCCCCCCCCCCCCC. The second-order valence-corrected chi connectivity index (χ2v) is 26.3. The fourth-order valence-corrected chi connectivity index (χ4v) is 12.0. The van der Waals surface area contributed by atoms with Crippen LogP contribution in [0.3, 0.4) is 0 Å². The molecule has 0 saturated heterocycles. The van der Waals surface area contributed by atoms with Crippen molar-refractivity contribution in [2.24, 2.45) is 0 Å². The lowest BCUT2D eigenvalue weighted by atomic mass is 10.0. The zero-order valence-corrected chi connectivity index (χ0v) is 57.4. The number of unbranched alkanes of at least 4 members (excludes halogenated alkanes) is 53. The number of aliphatic hydroxyl groups is 2. The van der Waals surface area contributed by atoms with Crippen LogP contribution in [0.15, 0.2) is 48.6 Å². The maximum absolute atomic E-state index is 12.5. The highest BCUT2D eigenvalue weighted by Crippen LogP contribution is 2.19. The summed E-state index contributed by atoms with van der Waals surface area (Å²) in [5.41, 5.74) is 0. The van der Waals surface area contributed by atoms with Gasteiger partial charge in [-0.1, -0.05) is 364 Å². The van der Waals surface area contributed by atoms with Crippen molar-refractivity contribution >= 4 is 11.9 Å². The third-order valence-electron chi connectivity index (χ3n) is 17.9. The molecule has 0 rings (SSSR count). The Bertz CT molecular complexity index is 1420. The van der Waals surface area contributed by atoms with Crippen LogP contribution in [0.2, 0.25) is 0 Å². The highest BCUT2D eigenvalue weighted by Gasteiger charge is 2.20. The first-order valence-corrected chi connectivity index (χ1v) is 38.4. The number of aliphatic hydroxyl groups excluding tert-OH is 2. The number of amides is 1. The molecule has 0 fully saturated rings. The molecule has 0 aromatic rings. The molecule has 0 heterocycles. The van der Waals surface area contributed by atoms with E-state index in [2.05, 4.69) is 67.8 Å². The summed E-state index contributed by atoms with van der Waals surface area (Å²) in [5.74, 6) is -0.0227. The Hall–Kier alpha value is -2.18. The van der Waals surface area contributed by atoms with Crippen molar-refractivity contribution in [2.75, 3.05) is 13.2 Å². The number of hydrogen-bond donors (Lipinski definition) is 3. The molecule has 0 saturated carbocycles. The van der Waals surface area contributed by atoms with Crippen molar-refractivity contribution in [3.05, 3.63) is 48.6 Å². The minimum Gasteiger partial charge on any atom is -0.466 e. The molecule has 0 aliphatic heterocycles. The van der Waals surface area contributed by atoms with Gasteiger partial charge in [0, 0.05) is 12.8 Å². The van der Waals surface area contributed by atoms with E-state index in [4.69, 9.17) is 4.74 Å². The molecule has 0 aromatic heterocycles. The standard InChI is InChI=1S/C79H149NO5/c1-3-5-7-9-11-13-15-17-19-21-40-43-47-51-55-59-63-67-71-77(82)76(75-81)80-78(83)72-68-64-60-56-52-48-44-41-37-35-33-31-29-27-25-23-22-24-26-28-30-32-34-36-38-42-46-50-54-58-62-66-70-74-85-79(84)73-69-65-61-57-53-49-45-39-20-18-16-14-12-10-8-6-4-2/h12,14,18,20,26,28,32,34,76-77,81-82H,3-11,13,15-17,19,21-25,27,29-31,33,35-75H2,1-2H3,(H,80,83)/b14-12-,20-18-,28-26-,34-32-. The van der Waals surface area contributed by atoms with Gasteiger partial charge in [-0.15, -0.1) is 0 Å². The zero-order valence-electron chi connectivity index (χ0n) is 57.4. The lowest BCUT2D eigenvalue weighted by molar-refractivity contribution is -0.143. The van der Waals surface area contributed by atoms with E-state index in [0.717, 1.165) is 57.8 Å². The second kappa shape index (κ2) is 74.3. The van der Waals surface area contributed by atoms with Crippen molar-refractivity contribution in [3.8, 4) is 0 Å². The maximum atomic E-state index is 12.5. The number of esters is 1. The van der Waals surface area contributed by atoms with Crippen LogP contribution in [0.4, 0.5) is 0 Å². The van der Waals surface area contributed by atoms with Crippen LogP contribution in [-0.4, -0.2) is 47.4 Å². The lowest BCUT2D eigenvalue weighted by Gasteiger charge is -2.22. The third-order valence-corrected chi connectivity index (χ3v) is 17.9. The predicted octanol–water partition coefficient (Wildman–Crippen LogP) is 25.2. The van der Waals surface area contributed by atoms with Gasteiger partial charge < -0.3 is 20.3 Å². The third kappa shape index (κ3) is 70.8. The van der Waals surface area contributed by atoms with Crippen LogP contribution in [-0.2, 0) is 14.3 Å². The summed E-state index contributed by atoms with van der Waals surface area (Å²) in [6.07, 6.45) is 97.6. The first kappa shape index (κ1) is 82.8. The monoisotopic (exact) mass is 1190 g/mol. The fourth-order valence-electron chi connectivity index (χ4n) is 12.0. The van der Waals surface area contributed by atoms with E-state index in [1.54, 1.807) is 0 Å². The van der Waals surface area contributed by atoms with Crippen LogP contribution in [0.1, 0.15) is 418 Å². The van der Waals surface area contributed by atoms with E-state index in [9.17, 15) is 19.8 Å². The average molecular weight is 1190 g/mol. The Kier molecular flexibility index (Phi) is 72.4. The van der Waals surface area contributed by atoms with Crippen molar-refractivity contribution in [2.45, 2.75) is 431 Å². The number of carbonyl (C=O) groups is 2. The Morgan fingerprint density at radius 2 is 0.588 bits per heavy atom. The Labute approximate surface area is 531 Å². The normalized spacial score (nSPS) is 12.8. The molecule has 2 unspecified atom stereocenters. The molecular weight excluding hydrogens is 1040 g/mol. The number of ether oxygens (including phenoxy) is 1. The fraction of sp³-hybridized carbons (Fsp3) is 0.873. The van der Waals surface area contributed by atoms with Gasteiger partial charge in [-0.05, 0) is 89.9 Å². The molecule has 3 N–H and O–H groups in total. The highest BCUT2D eigenvalue weighted by molar-refractivity contribution is 5.76. The van der Waals surface area contributed by atoms with Crippen molar-refractivity contribution < 1.29 is 24.5 Å². The number of hydrogen-bond acceptors (Lipinski definition) is 5. The van der Waals surface area contributed by atoms with Crippen LogP contribution >= 0.6 is 0 Å². The second-order valence-electron chi connectivity index (χ2n) is 26.3. The lowest BCUT2D eigenvalue weighted by Crippen LogP contribution is -2.45. The highest BCUT2D eigenvalue weighted by atomic mass is 16.5. The minimum absolute atomic E-state index is 0.00677. The summed E-state index contributed by atoms with van der Waals surface area (Å²) in [4.78, 5) is 24.6. The molecular formula is C79H149NO5. The Morgan fingerprint density at radius 1 is 0.329 bits per heavy atom. The number of nitrogens with one attached hydrogen (secondary N) is 1. The molecule has 0 aromatic carbocycles. The first-order valence-electron chi connectivity index (χ1n) is 38.4. The molecule has 6 nitrogen and oxygen atoms in total. The van der Waals surface area contributed by atoms with E-state index in [1.807, 2.05) is 0 Å². The summed E-state index contributed by atoms with van der Waals surface area (Å²) >= 11 is 0. The van der Waals surface area contributed by atoms with E-state index in [1.165, 1.54) is 327 Å². The van der Waals surface area contributed by atoms with Crippen molar-refractivity contribution in [1.82, 2.24) is 5.32 Å². The summed E-state index contributed by atoms with van der Waals surface area (Å²) < 4.78 is 5.50. The van der Waals surface area contributed by atoms with Gasteiger partial charge >= 0.3 is 5.97 Å². The minimum atomic E-state index is -0.664. The molecule has 6 heteroatoms. The molecule has 0 spiro atoms. The van der Waals surface area contributed by atoms with Gasteiger partial charge in [-0.25, -0.2) is 0 Å². The quantitative estimate of drug-likeness (QED) is 0.0320. The van der Waals surface area contributed by atoms with Gasteiger partial charge in [-0.3, -0.25) is 9.59 Å².